The van der Waals surface area contributed by atoms with Crippen LogP contribution < -0.4 is 15.5 Å². The van der Waals surface area contributed by atoms with Crippen LogP contribution in [0.4, 0.5) is 5.69 Å². The van der Waals surface area contributed by atoms with Crippen LogP contribution in [0.15, 0.2) is 58.1 Å². The number of halogens is 1. The number of nitrogens with one attached hydrogen (secondary N) is 2. The molecule has 2 rings (SSSR count). The highest BCUT2D eigenvalue weighted by Gasteiger charge is 2.11. The van der Waals surface area contributed by atoms with Gasteiger partial charge in [-0.15, -0.1) is 0 Å². The largest absolute Gasteiger partial charge is 0.496 e. The summed E-state index contributed by atoms with van der Waals surface area (Å²) in [5.74, 6) is -0.165. The first-order chi connectivity index (χ1) is 12.0. The molecule has 25 heavy (non-hydrogen) atoms. The minimum atomic E-state index is -0.400. The lowest BCUT2D eigenvalue weighted by atomic mass is 10.2. The topological polar surface area (TPSA) is 79.8 Å². The molecule has 0 aliphatic heterocycles. The van der Waals surface area contributed by atoms with Crippen molar-refractivity contribution in [2.24, 2.45) is 5.10 Å². The second-order valence-corrected chi connectivity index (χ2v) is 6.05. The van der Waals surface area contributed by atoms with E-state index in [4.69, 9.17) is 4.74 Å². The van der Waals surface area contributed by atoms with E-state index in [0.29, 0.717) is 22.7 Å². The fourth-order valence-corrected chi connectivity index (χ4v) is 2.45. The van der Waals surface area contributed by atoms with Crippen LogP contribution >= 0.6 is 15.9 Å². The zero-order valence-corrected chi connectivity index (χ0v) is 15.5. The number of benzene rings is 2. The van der Waals surface area contributed by atoms with E-state index in [9.17, 15) is 9.59 Å². The van der Waals surface area contributed by atoms with Crippen LogP contribution in [-0.4, -0.2) is 24.6 Å². The first kappa shape index (κ1) is 18.7. The van der Waals surface area contributed by atoms with Gasteiger partial charge in [0.05, 0.1) is 24.8 Å². The molecular weight excluding hydrogens is 386 g/mol. The zero-order valence-electron chi connectivity index (χ0n) is 13.9. The van der Waals surface area contributed by atoms with Gasteiger partial charge in [0.15, 0.2) is 0 Å². The van der Waals surface area contributed by atoms with Crippen LogP contribution in [0.1, 0.15) is 23.7 Å². The lowest BCUT2D eigenvalue weighted by molar-refractivity contribution is -0.115. The third-order valence-corrected chi connectivity index (χ3v) is 3.96. The molecule has 2 aromatic carbocycles. The number of rotatable bonds is 6. The molecule has 0 bridgehead atoms. The Hall–Kier alpha value is -2.67. The molecule has 2 N–H and O–H groups in total. The van der Waals surface area contributed by atoms with Gasteiger partial charge in [-0.1, -0.05) is 24.3 Å². The maximum Gasteiger partial charge on any atom is 0.275 e. The number of hydrogen-bond acceptors (Lipinski definition) is 4. The first-order valence-electron chi connectivity index (χ1n) is 7.52. The van der Waals surface area contributed by atoms with E-state index in [-0.39, 0.29) is 12.3 Å². The Morgan fingerprint density at radius 3 is 2.52 bits per heavy atom. The molecule has 0 saturated heterocycles. The van der Waals surface area contributed by atoms with Crippen molar-refractivity contribution in [1.29, 1.82) is 0 Å². The van der Waals surface area contributed by atoms with Crippen molar-refractivity contribution in [2.45, 2.75) is 13.3 Å². The average Bonchev–Trinajstić information content (AvgIpc) is 2.61. The van der Waals surface area contributed by atoms with Gasteiger partial charge in [-0.2, -0.15) is 5.10 Å². The molecule has 2 aromatic rings. The highest BCUT2D eigenvalue weighted by atomic mass is 79.9. The number of hydrogen-bond donors (Lipinski definition) is 2. The van der Waals surface area contributed by atoms with Crippen LogP contribution in [-0.2, 0) is 4.79 Å². The molecule has 0 heterocycles. The molecule has 7 heteroatoms. The Balaban J connectivity index is 1.94. The predicted octanol–water partition coefficient (Wildman–Crippen LogP) is 3.59. The predicted molar refractivity (Wildman–Crippen MR) is 101 cm³/mol. The molecule has 0 saturated carbocycles. The molecule has 130 valence electrons. The van der Waals surface area contributed by atoms with Crippen LogP contribution in [0, 0.1) is 0 Å². The highest BCUT2D eigenvalue weighted by Crippen LogP contribution is 2.21. The number of carbonyl (C=O) groups excluding carboxylic acids is 2. The Morgan fingerprint density at radius 2 is 1.80 bits per heavy atom. The summed E-state index contributed by atoms with van der Waals surface area (Å²) in [4.78, 5) is 24.2. The lowest BCUT2D eigenvalue weighted by Crippen LogP contribution is -2.22. The van der Waals surface area contributed by atoms with Crippen molar-refractivity contribution < 1.29 is 14.3 Å². The number of ether oxygens (including phenoxy) is 1. The molecule has 0 spiro atoms. The molecular formula is C18H18BrN3O3. The van der Waals surface area contributed by atoms with Crippen molar-refractivity contribution >= 4 is 39.1 Å². The maximum atomic E-state index is 12.1. The summed E-state index contributed by atoms with van der Waals surface area (Å²) in [6, 6.07) is 14.2. The Morgan fingerprint density at radius 1 is 1.12 bits per heavy atom. The molecule has 0 aliphatic rings. The van der Waals surface area contributed by atoms with Crippen LogP contribution in [0.2, 0.25) is 0 Å². The summed E-state index contributed by atoms with van der Waals surface area (Å²) >= 11 is 3.37. The summed E-state index contributed by atoms with van der Waals surface area (Å²) in [6.07, 6.45) is 0.0630. The van der Waals surface area contributed by atoms with Gasteiger partial charge in [-0.3, -0.25) is 9.59 Å². The van der Waals surface area contributed by atoms with Crippen molar-refractivity contribution in [3.8, 4) is 5.75 Å². The molecule has 0 atom stereocenters. The standard InChI is InChI=1S/C18H18BrN3O3/c1-12(11-17(23)20-15-9-5-4-8-14(15)19)21-22-18(24)13-7-3-6-10-16(13)25-2/h3-10H,11H2,1-2H3,(H,20,23)(H,22,24)/b21-12+. The summed E-state index contributed by atoms with van der Waals surface area (Å²) in [7, 11) is 1.49. The summed E-state index contributed by atoms with van der Waals surface area (Å²) in [6.45, 7) is 1.67. The molecule has 0 unspecified atom stereocenters. The van der Waals surface area contributed by atoms with Gasteiger partial charge < -0.3 is 10.1 Å². The van der Waals surface area contributed by atoms with Gasteiger partial charge in [-0.05, 0) is 47.1 Å². The Kier molecular flexibility index (Phi) is 6.71. The van der Waals surface area contributed by atoms with Crippen molar-refractivity contribution in [3.05, 3.63) is 58.6 Å². The van der Waals surface area contributed by atoms with Crippen molar-refractivity contribution in [3.63, 3.8) is 0 Å². The quantitative estimate of drug-likeness (QED) is 0.571. The third-order valence-electron chi connectivity index (χ3n) is 3.26. The SMILES string of the molecule is COc1ccccc1C(=O)N/N=C(\C)CC(=O)Nc1ccccc1Br. The Bertz CT molecular complexity index is 806. The monoisotopic (exact) mass is 403 g/mol. The van der Waals surface area contributed by atoms with E-state index in [1.807, 2.05) is 18.2 Å². The van der Waals surface area contributed by atoms with Gasteiger partial charge in [0.1, 0.15) is 5.75 Å². The van der Waals surface area contributed by atoms with Gasteiger partial charge >= 0.3 is 0 Å². The molecule has 6 nitrogen and oxygen atoms in total. The molecule has 0 radical (unpaired) electrons. The molecule has 2 amide bonds. The highest BCUT2D eigenvalue weighted by molar-refractivity contribution is 9.10. The second-order valence-electron chi connectivity index (χ2n) is 5.19. The normalized spacial score (nSPS) is 10.9. The van der Waals surface area contributed by atoms with E-state index in [1.165, 1.54) is 7.11 Å². The van der Waals surface area contributed by atoms with Crippen LogP contribution in [0.3, 0.4) is 0 Å². The minimum Gasteiger partial charge on any atom is -0.496 e. The number of anilines is 1. The number of amides is 2. The van der Waals surface area contributed by atoms with E-state index in [1.54, 1.807) is 37.3 Å². The Labute approximate surface area is 154 Å². The summed E-state index contributed by atoms with van der Waals surface area (Å²) in [5.41, 5.74) is 3.97. The maximum absolute atomic E-state index is 12.1. The number of hydrazone groups is 1. The molecule has 0 aliphatic carbocycles. The first-order valence-corrected chi connectivity index (χ1v) is 8.31. The number of carbonyl (C=O) groups is 2. The fraction of sp³-hybridized carbons (Fsp3) is 0.167. The van der Waals surface area contributed by atoms with E-state index < -0.39 is 5.91 Å². The summed E-state index contributed by atoms with van der Waals surface area (Å²) < 4.78 is 5.93. The fourth-order valence-electron chi connectivity index (χ4n) is 2.07. The van der Waals surface area contributed by atoms with Gasteiger partial charge in [0, 0.05) is 10.2 Å². The smallest absolute Gasteiger partial charge is 0.275 e. The van der Waals surface area contributed by atoms with E-state index >= 15 is 0 Å². The molecule has 0 fully saturated rings. The third kappa shape index (κ3) is 5.42. The zero-order chi connectivity index (χ0) is 18.2. The minimum absolute atomic E-state index is 0.0630. The second kappa shape index (κ2) is 8.98. The van der Waals surface area contributed by atoms with Gasteiger partial charge in [0.2, 0.25) is 5.91 Å². The van der Waals surface area contributed by atoms with Crippen molar-refractivity contribution in [1.82, 2.24) is 5.43 Å². The lowest BCUT2D eigenvalue weighted by Gasteiger charge is -2.08. The number of methoxy groups -OCH3 is 1. The van der Waals surface area contributed by atoms with Crippen LogP contribution in [0.25, 0.3) is 0 Å². The van der Waals surface area contributed by atoms with Gasteiger partial charge in [0.25, 0.3) is 5.91 Å². The molecule has 0 aromatic heterocycles. The van der Waals surface area contributed by atoms with Crippen LogP contribution in [0.5, 0.6) is 5.75 Å². The number of nitrogens with zero attached hydrogens (tertiary/aromatic N) is 1. The van der Waals surface area contributed by atoms with Crippen molar-refractivity contribution in [2.75, 3.05) is 12.4 Å². The number of para-hydroxylation sites is 2. The summed E-state index contributed by atoms with van der Waals surface area (Å²) in [5, 5.41) is 6.75. The average molecular weight is 404 g/mol. The van der Waals surface area contributed by atoms with E-state index in [0.717, 1.165) is 4.47 Å². The van der Waals surface area contributed by atoms with Gasteiger partial charge in [-0.25, -0.2) is 5.43 Å². The van der Waals surface area contributed by atoms with E-state index in [2.05, 4.69) is 31.8 Å².